The van der Waals surface area contributed by atoms with Crippen LogP contribution in [0.3, 0.4) is 0 Å². The van der Waals surface area contributed by atoms with Gasteiger partial charge in [0, 0.05) is 65.1 Å². The fraction of sp³-hybridized carbons (Fsp3) is 0.417. The summed E-state index contributed by atoms with van der Waals surface area (Å²) in [5.74, 6) is 1.04. The highest BCUT2D eigenvalue weighted by molar-refractivity contribution is 14.0. The van der Waals surface area contributed by atoms with Crippen LogP contribution < -0.4 is 15.5 Å². The van der Waals surface area contributed by atoms with Gasteiger partial charge in [-0.25, -0.2) is 0 Å². The maximum Gasteiger partial charge on any atom is 0.239 e. The van der Waals surface area contributed by atoms with Crippen molar-refractivity contribution in [3.63, 3.8) is 0 Å². The van der Waals surface area contributed by atoms with Crippen LogP contribution in [0, 0.1) is 0 Å². The Kier molecular flexibility index (Phi) is 9.16. The SMILES string of the molecule is CN=C(NCc1ccc(N2CCNC(=O)C2)cc1)N1CCN(Cc2ccccc2)CC1.I. The number of rotatable bonds is 5. The fourth-order valence-electron chi connectivity index (χ4n) is 4.16. The van der Waals surface area contributed by atoms with Crippen molar-refractivity contribution in [2.24, 2.45) is 4.99 Å². The molecule has 2 heterocycles. The number of anilines is 1. The van der Waals surface area contributed by atoms with Gasteiger partial charge in [0.2, 0.25) is 5.91 Å². The van der Waals surface area contributed by atoms with E-state index in [9.17, 15) is 4.79 Å². The summed E-state index contributed by atoms with van der Waals surface area (Å²) in [6.45, 7) is 7.75. The molecule has 0 saturated carbocycles. The number of aliphatic imine (C=N–C) groups is 1. The molecule has 7 nitrogen and oxygen atoms in total. The number of nitrogens with one attached hydrogen (secondary N) is 2. The molecule has 32 heavy (non-hydrogen) atoms. The van der Waals surface area contributed by atoms with Gasteiger partial charge in [0.25, 0.3) is 0 Å². The monoisotopic (exact) mass is 548 g/mol. The van der Waals surface area contributed by atoms with E-state index < -0.39 is 0 Å². The summed E-state index contributed by atoms with van der Waals surface area (Å²) in [6, 6.07) is 19.1. The molecule has 0 aliphatic carbocycles. The number of guanidine groups is 1. The molecule has 0 atom stereocenters. The predicted octanol–water partition coefficient (Wildman–Crippen LogP) is 2.13. The standard InChI is InChI=1S/C24H32N6O.HI/c1-25-24(29-15-13-28(14-16-29)18-21-5-3-2-4-6-21)27-17-20-7-9-22(10-8-20)30-12-11-26-23(31)19-30;/h2-10H,11-19H2,1H3,(H,25,27)(H,26,31);1H. The van der Waals surface area contributed by atoms with E-state index in [2.05, 4.69) is 84.9 Å². The van der Waals surface area contributed by atoms with Crippen LogP contribution in [0.25, 0.3) is 0 Å². The maximum atomic E-state index is 11.6. The maximum absolute atomic E-state index is 11.6. The quantitative estimate of drug-likeness (QED) is 0.341. The molecular formula is C24H33IN6O. The van der Waals surface area contributed by atoms with E-state index in [1.165, 1.54) is 11.1 Å². The van der Waals surface area contributed by atoms with Gasteiger partial charge in [0.05, 0.1) is 6.54 Å². The van der Waals surface area contributed by atoms with E-state index in [-0.39, 0.29) is 29.9 Å². The van der Waals surface area contributed by atoms with Crippen LogP contribution in [0.1, 0.15) is 11.1 Å². The lowest BCUT2D eigenvalue weighted by molar-refractivity contribution is -0.120. The van der Waals surface area contributed by atoms with Crippen LogP contribution >= 0.6 is 24.0 Å². The molecule has 0 bridgehead atoms. The first kappa shape index (κ1) is 24.3. The van der Waals surface area contributed by atoms with E-state index in [1.807, 2.05) is 7.05 Å². The van der Waals surface area contributed by atoms with Gasteiger partial charge in [-0.15, -0.1) is 24.0 Å². The molecule has 4 rings (SSSR count). The van der Waals surface area contributed by atoms with Crippen LogP contribution in [0.5, 0.6) is 0 Å². The lowest BCUT2D eigenvalue weighted by Crippen LogP contribution is -2.52. The topological polar surface area (TPSA) is 63.2 Å². The molecule has 2 aliphatic heterocycles. The number of carbonyl (C=O) groups excluding carboxylic acids is 1. The molecule has 2 aliphatic rings. The van der Waals surface area contributed by atoms with Crippen molar-refractivity contribution in [2.45, 2.75) is 13.1 Å². The third-order valence-corrected chi connectivity index (χ3v) is 5.92. The Morgan fingerprint density at radius 3 is 2.34 bits per heavy atom. The summed E-state index contributed by atoms with van der Waals surface area (Å²) in [6.07, 6.45) is 0. The fourth-order valence-corrected chi connectivity index (χ4v) is 4.16. The summed E-state index contributed by atoms with van der Waals surface area (Å²) in [5.41, 5.74) is 3.67. The van der Waals surface area contributed by atoms with E-state index in [0.29, 0.717) is 13.1 Å². The van der Waals surface area contributed by atoms with Crippen LogP contribution in [0.15, 0.2) is 59.6 Å². The van der Waals surface area contributed by atoms with Gasteiger partial charge in [0.1, 0.15) is 0 Å². The van der Waals surface area contributed by atoms with E-state index in [4.69, 9.17) is 0 Å². The smallest absolute Gasteiger partial charge is 0.239 e. The van der Waals surface area contributed by atoms with E-state index in [1.54, 1.807) is 0 Å². The summed E-state index contributed by atoms with van der Waals surface area (Å²) in [7, 11) is 1.85. The molecule has 2 saturated heterocycles. The van der Waals surface area contributed by atoms with Crippen molar-refractivity contribution in [1.82, 2.24) is 20.4 Å². The summed E-state index contributed by atoms with van der Waals surface area (Å²) < 4.78 is 0. The van der Waals surface area contributed by atoms with Crippen LogP contribution in [-0.4, -0.2) is 74.5 Å². The highest BCUT2D eigenvalue weighted by Crippen LogP contribution is 2.16. The molecule has 0 aromatic heterocycles. The van der Waals surface area contributed by atoms with E-state index in [0.717, 1.165) is 57.5 Å². The molecule has 172 valence electrons. The molecule has 0 spiro atoms. The van der Waals surface area contributed by atoms with Gasteiger partial charge < -0.3 is 20.4 Å². The lowest BCUT2D eigenvalue weighted by Gasteiger charge is -2.36. The Hall–Kier alpha value is -2.33. The number of benzene rings is 2. The van der Waals surface area contributed by atoms with E-state index >= 15 is 0 Å². The van der Waals surface area contributed by atoms with Gasteiger partial charge >= 0.3 is 0 Å². The highest BCUT2D eigenvalue weighted by atomic mass is 127. The minimum Gasteiger partial charge on any atom is -0.360 e. The zero-order chi connectivity index (χ0) is 21.5. The number of hydrogen-bond acceptors (Lipinski definition) is 4. The second kappa shape index (κ2) is 12.1. The number of piperazine rings is 2. The Labute approximate surface area is 207 Å². The molecule has 0 radical (unpaired) electrons. The molecule has 2 aromatic carbocycles. The normalized spacial score (nSPS) is 17.5. The van der Waals surface area contributed by atoms with Gasteiger partial charge in [-0.3, -0.25) is 14.7 Å². The second-order valence-electron chi connectivity index (χ2n) is 8.09. The first-order chi connectivity index (χ1) is 15.2. The number of halogens is 1. The van der Waals surface area contributed by atoms with Crippen molar-refractivity contribution < 1.29 is 4.79 Å². The largest absolute Gasteiger partial charge is 0.360 e. The van der Waals surface area contributed by atoms with Crippen molar-refractivity contribution >= 4 is 41.5 Å². The minimum absolute atomic E-state index is 0. The van der Waals surface area contributed by atoms with Gasteiger partial charge in [-0.1, -0.05) is 42.5 Å². The third kappa shape index (κ3) is 6.59. The number of nitrogens with zero attached hydrogens (tertiary/aromatic N) is 4. The predicted molar refractivity (Wildman–Crippen MR) is 141 cm³/mol. The van der Waals surface area contributed by atoms with Crippen molar-refractivity contribution in [3.05, 3.63) is 65.7 Å². The Balaban J connectivity index is 0.00000289. The van der Waals surface area contributed by atoms with Gasteiger partial charge in [0.15, 0.2) is 5.96 Å². The van der Waals surface area contributed by atoms with Crippen molar-refractivity contribution in [1.29, 1.82) is 0 Å². The lowest BCUT2D eigenvalue weighted by atomic mass is 10.2. The second-order valence-corrected chi connectivity index (χ2v) is 8.09. The Morgan fingerprint density at radius 1 is 0.969 bits per heavy atom. The zero-order valence-electron chi connectivity index (χ0n) is 18.7. The van der Waals surface area contributed by atoms with Crippen LogP contribution in [0.4, 0.5) is 5.69 Å². The molecular weight excluding hydrogens is 515 g/mol. The first-order valence-electron chi connectivity index (χ1n) is 11.0. The first-order valence-corrected chi connectivity index (χ1v) is 11.0. The average Bonchev–Trinajstić information content (AvgIpc) is 2.81. The number of hydrogen-bond donors (Lipinski definition) is 2. The minimum atomic E-state index is 0. The third-order valence-electron chi connectivity index (χ3n) is 5.92. The zero-order valence-corrected chi connectivity index (χ0v) is 21.0. The summed E-state index contributed by atoms with van der Waals surface area (Å²) >= 11 is 0. The molecule has 1 amide bonds. The number of amides is 1. The molecule has 8 heteroatoms. The van der Waals surface area contributed by atoms with Crippen LogP contribution in [-0.2, 0) is 17.9 Å². The summed E-state index contributed by atoms with van der Waals surface area (Å²) in [4.78, 5) is 23.0. The van der Waals surface area contributed by atoms with Crippen molar-refractivity contribution in [2.75, 3.05) is 57.8 Å². The highest BCUT2D eigenvalue weighted by Gasteiger charge is 2.20. The van der Waals surface area contributed by atoms with Crippen LogP contribution in [0.2, 0.25) is 0 Å². The number of carbonyl (C=O) groups is 1. The van der Waals surface area contributed by atoms with Gasteiger partial charge in [-0.2, -0.15) is 0 Å². The Morgan fingerprint density at radius 2 is 1.69 bits per heavy atom. The average molecular weight is 548 g/mol. The summed E-state index contributed by atoms with van der Waals surface area (Å²) in [5, 5.41) is 6.37. The molecule has 2 aromatic rings. The van der Waals surface area contributed by atoms with Crippen molar-refractivity contribution in [3.8, 4) is 0 Å². The molecule has 0 unspecified atom stereocenters. The molecule has 2 fully saturated rings. The van der Waals surface area contributed by atoms with Gasteiger partial charge in [-0.05, 0) is 23.3 Å². The molecule has 2 N–H and O–H groups in total. The Bertz CT molecular complexity index is 881.